The van der Waals surface area contributed by atoms with Crippen LogP contribution >= 0.6 is 0 Å². The van der Waals surface area contributed by atoms with Crippen molar-refractivity contribution in [3.63, 3.8) is 0 Å². The number of aromatic carboxylic acids is 1. The summed E-state index contributed by atoms with van der Waals surface area (Å²) >= 11 is 0. The number of benzene rings is 1. The van der Waals surface area contributed by atoms with Crippen molar-refractivity contribution in [3.8, 4) is 0 Å². The SMILES string of the molecule is CC(=O)O[C@H]1[C@H](OC2CCN(c3c(F)cc4c(=O)c(C(=O)O)cn5c4c3CC[C@@H]5C)CC2)O[C@H](CO)[C@@H](O)[C@@H]1O. The highest BCUT2D eigenvalue weighted by atomic mass is 19.1. The third-order valence-corrected chi connectivity index (χ3v) is 8.07. The van der Waals surface area contributed by atoms with Crippen LogP contribution in [-0.2, 0) is 25.4 Å². The molecule has 4 heterocycles. The number of halogens is 1. The number of hydrogen-bond donors (Lipinski definition) is 4. The summed E-state index contributed by atoms with van der Waals surface area (Å²) in [5, 5.41) is 39.7. The molecule has 0 spiro atoms. The zero-order chi connectivity index (χ0) is 28.9. The van der Waals surface area contributed by atoms with Crippen LogP contribution in [-0.4, -0.2) is 93.4 Å². The third-order valence-electron chi connectivity index (χ3n) is 8.07. The average molecular weight is 565 g/mol. The molecule has 0 bridgehead atoms. The molecule has 3 aliphatic heterocycles. The van der Waals surface area contributed by atoms with Crippen molar-refractivity contribution >= 4 is 28.5 Å². The number of aromatic nitrogens is 1. The number of esters is 1. The number of rotatable bonds is 6. The van der Waals surface area contributed by atoms with Gasteiger partial charge in [-0.3, -0.25) is 9.59 Å². The van der Waals surface area contributed by atoms with Gasteiger partial charge in [-0.15, -0.1) is 0 Å². The lowest BCUT2D eigenvalue weighted by Crippen LogP contribution is -2.61. The van der Waals surface area contributed by atoms with Gasteiger partial charge in [-0.25, -0.2) is 9.18 Å². The van der Waals surface area contributed by atoms with Gasteiger partial charge in [0, 0.05) is 43.2 Å². The molecule has 0 radical (unpaired) electrons. The zero-order valence-electron chi connectivity index (χ0n) is 22.2. The number of ether oxygens (including phenoxy) is 3. The number of nitrogens with zero attached hydrogens (tertiary/aromatic N) is 2. The van der Waals surface area contributed by atoms with Gasteiger partial charge in [-0.2, -0.15) is 0 Å². The Kier molecular flexibility index (Phi) is 7.86. The van der Waals surface area contributed by atoms with E-state index < -0.39 is 72.2 Å². The average Bonchev–Trinajstić information content (AvgIpc) is 2.91. The quantitative estimate of drug-likeness (QED) is 0.365. The van der Waals surface area contributed by atoms with E-state index in [1.165, 1.54) is 6.20 Å². The van der Waals surface area contributed by atoms with Gasteiger partial charge >= 0.3 is 11.9 Å². The minimum absolute atomic E-state index is 0.0473. The molecular formula is C27H33FN2O10. The van der Waals surface area contributed by atoms with Crippen molar-refractivity contribution in [2.45, 2.75) is 82.4 Å². The first-order valence-corrected chi connectivity index (χ1v) is 13.3. The third kappa shape index (κ3) is 4.96. The first kappa shape index (κ1) is 28.4. The van der Waals surface area contributed by atoms with Gasteiger partial charge in [-0.05, 0) is 38.7 Å². The van der Waals surface area contributed by atoms with Crippen molar-refractivity contribution in [1.82, 2.24) is 4.57 Å². The first-order valence-electron chi connectivity index (χ1n) is 13.3. The molecule has 1 aromatic carbocycles. The van der Waals surface area contributed by atoms with E-state index in [1.54, 1.807) is 4.57 Å². The van der Waals surface area contributed by atoms with Crippen LogP contribution in [0.2, 0.25) is 0 Å². The molecule has 6 atom stereocenters. The Hall–Kier alpha value is -3.10. The minimum atomic E-state index is -1.53. The topological polar surface area (TPSA) is 168 Å². The molecular weight excluding hydrogens is 531 g/mol. The number of aryl methyl sites for hydroxylation is 1. The van der Waals surface area contributed by atoms with E-state index >= 15 is 4.39 Å². The molecule has 2 saturated heterocycles. The predicted octanol–water partition coefficient (Wildman–Crippen LogP) is 0.702. The van der Waals surface area contributed by atoms with Gasteiger partial charge in [-0.1, -0.05) is 0 Å². The standard InChI is InChI=1S/C27H33FN2O10/c1-12-3-4-15-20-16(22(33)17(26(36)37)10-30(12)20)9-18(28)21(15)29-7-5-14(6-8-29)39-27-25(38-13(2)32)24(35)23(34)19(11-31)40-27/h9-10,12,14,19,23-25,27,31,34-35H,3-8,11H2,1-2H3,(H,36,37)/t12-,19+,23+,24-,25+,27+/m0/s1. The molecule has 0 aliphatic carbocycles. The zero-order valence-corrected chi connectivity index (χ0v) is 22.2. The highest BCUT2D eigenvalue weighted by Gasteiger charge is 2.48. The number of pyridine rings is 1. The minimum Gasteiger partial charge on any atom is -0.477 e. The highest BCUT2D eigenvalue weighted by molar-refractivity contribution is 5.95. The number of carbonyl (C=O) groups is 2. The van der Waals surface area contributed by atoms with Crippen molar-refractivity contribution in [2.75, 3.05) is 24.6 Å². The molecule has 0 unspecified atom stereocenters. The monoisotopic (exact) mass is 564 g/mol. The Bertz CT molecular complexity index is 1370. The lowest BCUT2D eigenvalue weighted by molar-refractivity contribution is -0.314. The molecule has 218 valence electrons. The molecule has 1 aromatic heterocycles. The van der Waals surface area contributed by atoms with Crippen LogP contribution in [0.1, 0.15) is 55.1 Å². The van der Waals surface area contributed by atoms with E-state index in [9.17, 15) is 34.8 Å². The van der Waals surface area contributed by atoms with E-state index in [2.05, 4.69) is 0 Å². The number of anilines is 1. The van der Waals surface area contributed by atoms with Crippen molar-refractivity contribution in [2.24, 2.45) is 0 Å². The van der Waals surface area contributed by atoms with Gasteiger partial charge in [0.1, 0.15) is 29.7 Å². The van der Waals surface area contributed by atoms with Gasteiger partial charge in [0.05, 0.1) is 23.9 Å². The highest BCUT2D eigenvalue weighted by Crippen LogP contribution is 2.39. The van der Waals surface area contributed by atoms with Crippen LogP contribution in [0.5, 0.6) is 0 Å². The van der Waals surface area contributed by atoms with E-state index in [4.69, 9.17) is 14.2 Å². The maximum atomic E-state index is 15.6. The predicted molar refractivity (Wildman–Crippen MR) is 138 cm³/mol. The molecule has 0 amide bonds. The smallest absolute Gasteiger partial charge is 0.341 e. The maximum absolute atomic E-state index is 15.6. The largest absolute Gasteiger partial charge is 0.477 e. The number of carboxylic acid groups (broad SMARTS) is 1. The Balaban J connectivity index is 1.38. The van der Waals surface area contributed by atoms with Crippen LogP contribution in [0, 0.1) is 5.82 Å². The second-order valence-electron chi connectivity index (χ2n) is 10.7. The van der Waals surface area contributed by atoms with Crippen LogP contribution in [0.15, 0.2) is 17.1 Å². The van der Waals surface area contributed by atoms with Crippen LogP contribution in [0.3, 0.4) is 0 Å². The number of aliphatic hydroxyl groups excluding tert-OH is 3. The Labute approximate surface area is 228 Å². The normalized spacial score (nSPS) is 29.0. The van der Waals surface area contributed by atoms with Gasteiger partial charge < -0.3 is 44.1 Å². The number of aliphatic hydroxyl groups is 3. The summed E-state index contributed by atoms with van der Waals surface area (Å²) in [5.41, 5.74) is 0.478. The second-order valence-corrected chi connectivity index (χ2v) is 10.7. The summed E-state index contributed by atoms with van der Waals surface area (Å²) in [6.45, 7) is 3.27. The van der Waals surface area contributed by atoms with Gasteiger partial charge in [0.15, 0.2) is 12.4 Å². The van der Waals surface area contributed by atoms with Crippen LogP contribution in [0.25, 0.3) is 10.9 Å². The molecule has 3 aliphatic rings. The number of hydrogen-bond acceptors (Lipinski definition) is 10. The summed E-state index contributed by atoms with van der Waals surface area (Å²) in [6, 6.07) is 1.06. The molecule has 12 nitrogen and oxygen atoms in total. The lowest BCUT2D eigenvalue weighted by Gasteiger charge is -2.43. The van der Waals surface area contributed by atoms with E-state index in [0.717, 1.165) is 13.0 Å². The molecule has 13 heteroatoms. The van der Waals surface area contributed by atoms with Crippen molar-refractivity contribution in [1.29, 1.82) is 0 Å². The fourth-order valence-corrected chi connectivity index (χ4v) is 6.02. The van der Waals surface area contributed by atoms with Crippen molar-refractivity contribution < 1.29 is 48.6 Å². The number of carbonyl (C=O) groups excluding carboxylic acids is 1. The second kappa shape index (κ2) is 11.1. The molecule has 2 fully saturated rings. The fourth-order valence-electron chi connectivity index (χ4n) is 6.02. The van der Waals surface area contributed by atoms with Crippen molar-refractivity contribution in [3.05, 3.63) is 39.4 Å². The maximum Gasteiger partial charge on any atom is 0.341 e. The Morgan fingerprint density at radius 1 is 1.18 bits per heavy atom. The van der Waals surface area contributed by atoms with Gasteiger partial charge in [0.2, 0.25) is 5.43 Å². The molecule has 2 aromatic rings. The van der Waals surface area contributed by atoms with Crippen LogP contribution in [0.4, 0.5) is 10.1 Å². The summed E-state index contributed by atoms with van der Waals surface area (Å²) in [5.74, 6) is -2.66. The summed E-state index contributed by atoms with van der Waals surface area (Å²) in [4.78, 5) is 38.0. The Morgan fingerprint density at radius 2 is 1.88 bits per heavy atom. The number of piperidine rings is 1. The summed E-state index contributed by atoms with van der Waals surface area (Å²) in [6.07, 6.45) is -3.72. The molecule has 0 saturated carbocycles. The Morgan fingerprint density at radius 3 is 2.50 bits per heavy atom. The molecule has 4 N–H and O–H groups in total. The first-order chi connectivity index (χ1) is 19.0. The lowest BCUT2D eigenvalue weighted by atomic mass is 9.93. The number of carboxylic acids is 1. The van der Waals surface area contributed by atoms with Crippen LogP contribution < -0.4 is 10.3 Å². The molecule has 40 heavy (non-hydrogen) atoms. The van der Waals surface area contributed by atoms with Gasteiger partial charge in [0.25, 0.3) is 0 Å². The van der Waals surface area contributed by atoms with E-state index in [1.807, 2.05) is 11.8 Å². The van der Waals surface area contributed by atoms with E-state index in [0.29, 0.717) is 55.5 Å². The molecule has 5 rings (SSSR count). The summed E-state index contributed by atoms with van der Waals surface area (Å²) < 4.78 is 34.2. The fraction of sp³-hybridized carbons (Fsp3) is 0.593. The summed E-state index contributed by atoms with van der Waals surface area (Å²) in [7, 11) is 0. The van der Waals surface area contributed by atoms with E-state index in [-0.39, 0.29) is 11.4 Å².